The van der Waals surface area contributed by atoms with Gasteiger partial charge in [-0.05, 0) is 44.5 Å². The van der Waals surface area contributed by atoms with Crippen LogP contribution in [-0.2, 0) is 14.3 Å². The molecule has 2 heterocycles. The number of rotatable bonds is 5. The van der Waals surface area contributed by atoms with Crippen LogP contribution in [0.4, 0.5) is 11.4 Å². The second-order valence-electron chi connectivity index (χ2n) is 7.36. The minimum atomic E-state index is -0.142. The first-order valence-corrected chi connectivity index (χ1v) is 10.1. The number of esters is 1. The first-order valence-electron chi connectivity index (χ1n) is 10.1. The second-order valence-corrected chi connectivity index (χ2v) is 7.36. The minimum absolute atomic E-state index is 0.103. The average molecular weight is 391 g/mol. The van der Waals surface area contributed by atoms with Gasteiger partial charge in [0, 0.05) is 12.1 Å². The number of para-hydroxylation sites is 2. The van der Waals surface area contributed by atoms with Crippen molar-refractivity contribution >= 4 is 29.0 Å². The van der Waals surface area contributed by atoms with E-state index < -0.39 is 0 Å². The molecule has 0 spiro atoms. The van der Waals surface area contributed by atoms with Crippen LogP contribution in [0.25, 0.3) is 0 Å². The maximum absolute atomic E-state index is 13.2. The highest BCUT2D eigenvalue weighted by atomic mass is 16.5. The lowest BCUT2D eigenvalue weighted by atomic mass is 9.98. The number of anilines is 1. The molecule has 0 radical (unpaired) electrons. The lowest BCUT2D eigenvalue weighted by molar-refractivity contribution is -0.149. The molecule has 1 atom stereocenters. The summed E-state index contributed by atoms with van der Waals surface area (Å²) in [6.07, 6.45) is 1.75. The predicted molar refractivity (Wildman–Crippen MR) is 112 cm³/mol. The lowest BCUT2D eigenvalue weighted by Gasteiger charge is -2.34. The third-order valence-electron chi connectivity index (χ3n) is 5.36. The molecule has 1 saturated heterocycles. The fourth-order valence-corrected chi connectivity index (χ4v) is 3.98. The number of piperidine rings is 1. The van der Waals surface area contributed by atoms with Crippen molar-refractivity contribution in [3.63, 3.8) is 0 Å². The van der Waals surface area contributed by atoms with Gasteiger partial charge < -0.3 is 4.74 Å². The molecule has 0 aromatic heterocycles. The van der Waals surface area contributed by atoms with E-state index in [1.807, 2.05) is 61.5 Å². The van der Waals surface area contributed by atoms with E-state index in [9.17, 15) is 9.59 Å². The van der Waals surface area contributed by atoms with Crippen LogP contribution in [0.3, 0.4) is 0 Å². The molecule has 2 aliphatic heterocycles. The van der Waals surface area contributed by atoms with Crippen LogP contribution in [0.5, 0.6) is 0 Å². The molecule has 2 aromatic carbocycles. The SMILES string of the molecule is CCOC(=O)C1CCCN(CN2C(=O)C(=Nc3ccccc3)c3ccccc32)C1. The van der Waals surface area contributed by atoms with Gasteiger partial charge >= 0.3 is 5.97 Å². The Labute approximate surface area is 170 Å². The van der Waals surface area contributed by atoms with E-state index in [1.165, 1.54) is 0 Å². The standard InChI is InChI=1S/C23H25N3O3/c1-2-29-23(28)17-9-8-14-25(15-17)16-26-20-13-7-6-12-19(20)21(22(26)27)24-18-10-4-3-5-11-18/h3-7,10-13,17H,2,8-9,14-16H2,1H3. The van der Waals surface area contributed by atoms with Crippen LogP contribution in [0.2, 0.25) is 0 Å². The zero-order valence-corrected chi connectivity index (χ0v) is 16.6. The number of hydrogen-bond donors (Lipinski definition) is 0. The molecule has 2 aromatic rings. The largest absolute Gasteiger partial charge is 0.466 e. The zero-order valence-electron chi connectivity index (χ0n) is 16.6. The molecule has 0 aliphatic carbocycles. The summed E-state index contributed by atoms with van der Waals surface area (Å²) in [4.78, 5) is 33.9. The number of ether oxygens (including phenoxy) is 1. The molecular weight excluding hydrogens is 366 g/mol. The summed E-state index contributed by atoms with van der Waals surface area (Å²) >= 11 is 0. The van der Waals surface area contributed by atoms with Crippen LogP contribution < -0.4 is 4.90 Å². The number of hydrogen-bond acceptors (Lipinski definition) is 5. The van der Waals surface area contributed by atoms with E-state index in [0.717, 1.165) is 36.3 Å². The highest BCUT2D eigenvalue weighted by Gasteiger charge is 2.36. The highest BCUT2D eigenvalue weighted by molar-refractivity contribution is 6.54. The van der Waals surface area contributed by atoms with Gasteiger partial charge in [-0.15, -0.1) is 0 Å². The van der Waals surface area contributed by atoms with Gasteiger partial charge in [0.1, 0.15) is 5.71 Å². The summed E-state index contributed by atoms with van der Waals surface area (Å²) in [7, 11) is 0. The number of carbonyl (C=O) groups excluding carboxylic acids is 2. The lowest BCUT2D eigenvalue weighted by Crippen LogP contribution is -2.47. The Morgan fingerprint density at radius 2 is 1.90 bits per heavy atom. The van der Waals surface area contributed by atoms with E-state index in [4.69, 9.17) is 4.74 Å². The van der Waals surface area contributed by atoms with Crippen LogP contribution in [-0.4, -0.2) is 48.9 Å². The van der Waals surface area contributed by atoms with E-state index in [1.54, 1.807) is 4.90 Å². The molecule has 0 bridgehead atoms. The Balaban J connectivity index is 1.56. The molecule has 0 saturated carbocycles. The Morgan fingerprint density at radius 3 is 2.69 bits per heavy atom. The Kier molecular flexibility index (Phi) is 5.71. The van der Waals surface area contributed by atoms with Gasteiger partial charge in [0.25, 0.3) is 5.91 Å². The number of fused-ring (bicyclic) bond motifs is 1. The number of nitrogens with zero attached hydrogens (tertiary/aromatic N) is 3. The predicted octanol–water partition coefficient (Wildman–Crippen LogP) is 3.39. The minimum Gasteiger partial charge on any atom is -0.466 e. The van der Waals surface area contributed by atoms with Crippen molar-refractivity contribution in [1.29, 1.82) is 0 Å². The van der Waals surface area contributed by atoms with E-state index >= 15 is 0 Å². The summed E-state index contributed by atoms with van der Waals surface area (Å²) in [6, 6.07) is 17.3. The molecule has 6 nitrogen and oxygen atoms in total. The van der Waals surface area contributed by atoms with E-state index in [-0.39, 0.29) is 17.8 Å². The molecule has 2 aliphatic rings. The van der Waals surface area contributed by atoms with Gasteiger partial charge in [0.15, 0.2) is 0 Å². The van der Waals surface area contributed by atoms with Gasteiger partial charge in [-0.2, -0.15) is 0 Å². The molecule has 1 amide bonds. The zero-order chi connectivity index (χ0) is 20.2. The third kappa shape index (κ3) is 4.07. The molecule has 6 heteroatoms. The summed E-state index contributed by atoms with van der Waals surface area (Å²) in [5, 5.41) is 0. The second kappa shape index (κ2) is 8.57. The number of benzene rings is 2. The fraction of sp³-hybridized carbons (Fsp3) is 0.348. The van der Waals surface area contributed by atoms with Gasteiger partial charge in [-0.25, -0.2) is 4.99 Å². The van der Waals surface area contributed by atoms with Gasteiger partial charge in [0.2, 0.25) is 0 Å². The number of aliphatic imine (C=N–C) groups is 1. The molecular formula is C23H25N3O3. The van der Waals surface area contributed by atoms with E-state index in [2.05, 4.69) is 9.89 Å². The first kappa shape index (κ1) is 19.3. The van der Waals surface area contributed by atoms with Crippen molar-refractivity contribution in [2.24, 2.45) is 10.9 Å². The van der Waals surface area contributed by atoms with Gasteiger partial charge in [-0.1, -0.05) is 36.4 Å². The monoisotopic (exact) mass is 391 g/mol. The van der Waals surface area contributed by atoms with Gasteiger partial charge in [0.05, 0.1) is 30.6 Å². The smallest absolute Gasteiger partial charge is 0.310 e. The summed E-state index contributed by atoms with van der Waals surface area (Å²) < 4.78 is 5.20. The number of amides is 1. The average Bonchev–Trinajstić information content (AvgIpc) is 3.01. The van der Waals surface area contributed by atoms with Crippen LogP contribution in [0.15, 0.2) is 59.6 Å². The highest BCUT2D eigenvalue weighted by Crippen LogP contribution is 2.31. The van der Waals surface area contributed by atoms with Crippen molar-refractivity contribution in [2.75, 3.05) is 31.3 Å². The number of carbonyl (C=O) groups is 2. The normalized spacial score (nSPS) is 20.7. The van der Waals surface area contributed by atoms with Crippen molar-refractivity contribution in [2.45, 2.75) is 19.8 Å². The quantitative estimate of drug-likeness (QED) is 0.733. The van der Waals surface area contributed by atoms with Crippen LogP contribution in [0.1, 0.15) is 25.3 Å². The van der Waals surface area contributed by atoms with Crippen molar-refractivity contribution in [1.82, 2.24) is 4.90 Å². The van der Waals surface area contributed by atoms with Crippen LogP contribution >= 0.6 is 0 Å². The summed E-state index contributed by atoms with van der Waals surface area (Å²) in [6.45, 7) is 4.13. The maximum Gasteiger partial charge on any atom is 0.310 e. The topological polar surface area (TPSA) is 62.2 Å². The van der Waals surface area contributed by atoms with Crippen molar-refractivity contribution in [3.8, 4) is 0 Å². The Bertz CT molecular complexity index is 926. The number of likely N-dealkylation sites (tertiary alicyclic amines) is 1. The molecule has 0 N–H and O–H groups in total. The van der Waals surface area contributed by atoms with E-state index in [0.29, 0.717) is 25.5 Å². The molecule has 1 unspecified atom stereocenters. The molecule has 4 rings (SSSR count). The van der Waals surface area contributed by atoms with Gasteiger partial charge in [-0.3, -0.25) is 19.4 Å². The maximum atomic E-state index is 13.2. The van der Waals surface area contributed by atoms with Crippen molar-refractivity contribution < 1.29 is 14.3 Å². The fourth-order valence-electron chi connectivity index (χ4n) is 3.98. The summed E-state index contributed by atoms with van der Waals surface area (Å²) in [5.74, 6) is -0.376. The molecule has 1 fully saturated rings. The first-order chi connectivity index (χ1) is 14.2. The summed E-state index contributed by atoms with van der Waals surface area (Å²) in [5.41, 5.74) is 2.93. The molecule has 29 heavy (non-hydrogen) atoms. The molecule has 150 valence electrons. The Hall–Kier alpha value is -2.99. The Morgan fingerprint density at radius 1 is 1.14 bits per heavy atom. The van der Waals surface area contributed by atoms with Crippen molar-refractivity contribution in [3.05, 3.63) is 60.2 Å². The van der Waals surface area contributed by atoms with Crippen LogP contribution in [0, 0.1) is 5.92 Å². The third-order valence-corrected chi connectivity index (χ3v) is 5.36.